The van der Waals surface area contributed by atoms with Crippen molar-refractivity contribution in [3.05, 3.63) is 16.4 Å². The third kappa shape index (κ3) is 1.56. The van der Waals surface area contributed by atoms with E-state index in [2.05, 4.69) is 25.9 Å². The fourth-order valence-corrected chi connectivity index (χ4v) is 2.13. The van der Waals surface area contributed by atoms with Crippen LogP contribution in [0, 0.1) is 6.92 Å². The minimum absolute atomic E-state index is 0.724. The quantitative estimate of drug-likeness (QED) is 0.913. The van der Waals surface area contributed by atoms with Crippen molar-refractivity contribution in [2.75, 3.05) is 14.2 Å². The fraction of sp³-hybridized carbons (Fsp3) is 0.300. The van der Waals surface area contributed by atoms with Crippen molar-refractivity contribution < 1.29 is 9.47 Å². The number of methoxy groups -OCH3 is 2. The molecule has 0 aliphatic rings. The van der Waals surface area contributed by atoms with E-state index >= 15 is 0 Å². The number of benzene rings is 1. The van der Waals surface area contributed by atoms with Crippen molar-refractivity contribution in [3.63, 3.8) is 0 Å². The lowest BCUT2D eigenvalue weighted by molar-refractivity contribution is 0.407. The number of ether oxygens (including phenoxy) is 2. The Labute approximate surface area is 95.7 Å². The van der Waals surface area contributed by atoms with Crippen LogP contribution in [-0.2, 0) is 0 Å². The average molecular weight is 271 g/mol. The Hall–Kier alpha value is -1.23. The lowest BCUT2D eigenvalue weighted by Crippen LogP contribution is -1.90. The number of imidazole rings is 1. The predicted octanol–water partition coefficient (Wildman–Crippen LogP) is 2.65. The summed E-state index contributed by atoms with van der Waals surface area (Å²) >= 11 is 3.43. The van der Waals surface area contributed by atoms with Crippen molar-refractivity contribution in [3.8, 4) is 11.5 Å². The first kappa shape index (κ1) is 10.3. The second-order valence-electron chi connectivity index (χ2n) is 3.14. The SMILES string of the molecule is COc1cc(Br)c(OC)c2[nH]c(C)nc12. The number of aryl methyl sites for hydroxylation is 1. The number of aromatic nitrogens is 2. The maximum absolute atomic E-state index is 5.30. The molecule has 4 nitrogen and oxygen atoms in total. The molecule has 0 aliphatic heterocycles. The number of nitrogens with zero attached hydrogens (tertiary/aromatic N) is 1. The number of aromatic amines is 1. The Kier molecular flexibility index (Phi) is 2.56. The van der Waals surface area contributed by atoms with Gasteiger partial charge in [0.15, 0.2) is 5.75 Å². The fourth-order valence-electron chi connectivity index (χ4n) is 1.56. The number of hydrogen-bond acceptors (Lipinski definition) is 3. The summed E-state index contributed by atoms with van der Waals surface area (Å²) in [4.78, 5) is 7.50. The monoisotopic (exact) mass is 270 g/mol. The van der Waals surface area contributed by atoms with E-state index in [-0.39, 0.29) is 0 Å². The lowest BCUT2D eigenvalue weighted by Gasteiger charge is -2.07. The molecule has 0 radical (unpaired) electrons. The van der Waals surface area contributed by atoms with E-state index in [4.69, 9.17) is 9.47 Å². The molecule has 15 heavy (non-hydrogen) atoms. The first-order valence-electron chi connectivity index (χ1n) is 4.44. The van der Waals surface area contributed by atoms with Crippen LogP contribution >= 0.6 is 15.9 Å². The Morgan fingerprint density at radius 2 is 2.07 bits per heavy atom. The van der Waals surface area contributed by atoms with Crippen LogP contribution in [0.2, 0.25) is 0 Å². The Balaban J connectivity index is 2.85. The molecule has 1 aromatic heterocycles. The summed E-state index contributed by atoms with van der Waals surface area (Å²) in [6.07, 6.45) is 0. The molecule has 2 rings (SSSR count). The minimum atomic E-state index is 0.724. The van der Waals surface area contributed by atoms with Gasteiger partial charge in [0.1, 0.15) is 22.6 Å². The molecule has 0 saturated heterocycles. The molecule has 80 valence electrons. The van der Waals surface area contributed by atoms with Gasteiger partial charge in [0.05, 0.1) is 18.7 Å². The van der Waals surface area contributed by atoms with Crippen LogP contribution in [0.3, 0.4) is 0 Å². The van der Waals surface area contributed by atoms with Gasteiger partial charge in [-0.2, -0.15) is 0 Å². The van der Waals surface area contributed by atoms with E-state index in [0.29, 0.717) is 0 Å². The van der Waals surface area contributed by atoms with Gasteiger partial charge in [-0.25, -0.2) is 4.98 Å². The van der Waals surface area contributed by atoms with Crippen molar-refractivity contribution in [1.82, 2.24) is 9.97 Å². The lowest BCUT2D eigenvalue weighted by atomic mass is 10.2. The van der Waals surface area contributed by atoms with Gasteiger partial charge in [-0.15, -0.1) is 0 Å². The number of rotatable bonds is 2. The van der Waals surface area contributed by atoms with E-state index in [9.17, 15) is 0 Å². The van der Waals surface area contributed by atoms with Crippen LogP contribution in [0.1, 0.15) is 5.82 Å². The van der Waals surface area contributed by atoms with E-state index in [1.165, 1.54) is 0 Å². The summed E-state index contributed by atoms with van der Waals surface area (Å²) in [6, 6.07) is 1.85. The van der Waals surface area contributed by atoms with Gasteiger partial charge in [0.25, 0.3) is 0 Å². The molecule has 0 spiro atoms. The zero-order valence-electron chi connectivity index (χ0n) is 8.72. The molecule has 0 unspecified atom stereocenters. The third-order valence-corrected chi connectivity index (χ3v) is 2.77. The summed E-state index contributed by atoms with van der Waals surface area (Å²) in [7, 11) is 3.25. The van der Waals surface area contributed by atoms with E-state index in [1.807, 2.05) is 13.0 Å². The molecular formula is C10H11BrN2O2. The van der Waals surface area contributed by atoms with Crippen molar-refractivity contribution in [2.24, 2.45) is 0 Å². The second kappa shape index (κ2) is 3.73. The molecule has 5 heteroatoms. The van der Waals surface area contributed by atoms with Crippen LogP contribution in [0.15, 0.2) is 10.5 Å². The second-order valence-corrected chi connectivity index (χ2v) is 3.99. The standard InChI is InChI=1S/C10H11BrN2O2/c1-5-12-8-7(14-2)4-6(11)10(15-3)9(8)13-5/h4H,1-3H3,(H,12,13). The molecule has 1 aromatic carbocycles. The Bertz CT molecular complexity index is 508. The average Bonchev–Trinajstić information content (AvgIpc) is 2.58. The van der Waals surface area contributed by atoms with Crippen molar-refractivity contribution in [2.45, 2.75) is 6.92 Å². The Morgan fingerprint density at radius 1 is 1.33 bits per heavy atom. The maximum Gasteiger partial charge on any atom is 0.159 e. The van der Waals surface area contributed by atoms with Crippen molar-refractivity contribution >= 4 is 27.0 Å². The van der Waals surface area contributed by atoms with Crippen LogP contribution < -0.4 is 9.47 Å². The number of H-pyrrole nitrogens is 1. The summed E-state index contributed by atoms with van der Waals surface area (Å²) in [5.74, 6) is 2.30. The molecule has 0 aliphatic carbocycles. The highest BCUT2D eigenvalue weighted by molar-refractivity contribution is 9.10. The molecule has 0 fully saturated rings. The maximum atomic E-state index is 5.30. The number of fused-ring (bicyclic) bond motifs is 1. The highest BCUT2D eigenvalue weighted by Crippen LogP contribution is 2.38. The van der Waals surface area contributed by atoms with E-state index in [1.54, 1.807) is 14.2 Å². The van der Waals surface area contributed by atoms with Crippen LogP contribution in [0.5, 0.6) is 11.5 Å². The van der Waals surface area contributed by atoms with Gasteiger partial charge >= 0.3 is 0 Å². The summed E-state index contributed by atoms with van der Waals surface area (Å²) in [5.41, 5.74) is 1.64. The van der Waals surface area contributed by atoms with Gasteiger partial charge < -0.3 is 14.5 Å². The highest BCUT2D eigenvalue weighted by atomic mass is 79.9. The van der Waals surface area contributed by atoms with Gasteiger partial charge in [0, 0.05) is 6.07 Å². The summed E-state index contributed by atoms with van der Waals surface area (Å²) < 4.78 is 11.4. The van der Waals surface area contributed by atoms with Gasteiger partial charge in [-0.05, 0) is 22.9 Å². The first-order valence-corrected chi connectivity index (χ1v) is 5.23. The summed E-state index contributed by atoms with van der Waals surface area (Å²) in [5, 5.41) is 0. The van der Waals surface area contributed by atoms with Crippen LogP contribution in [-0.4, -0.2) is 24.2 Å². The third-order valence-electron chi connectivity index (χ3n) is 2.18. The van der Waals surface area contributed by atoms with Crippen LogP contribution in [0.25, 0.3) is 11.0 Å². The van der Waals surface area contributed by atoms with E-state index in [0.717, 1.165) is 32.8 Å². The number of nitrogens with one attached hydrogen (secondary N) is 1. The number of halogens is 1. The zero-order chi connectivity index (χ0) is 11.0. The van der Waals surface area contributed by atoms with Crippen molar-refractivity contribution in [1.29, 1.82) is 0 Å². The van der Waals surface area contributed by atoms with Gasteiger partial charge in [-0.3, -0.25) is 0 Å². The van der Waals surface area contributed by atoms with E-state index < -0.39 is 0 Å². The highest BCUT2D eigenvalue weighted by Gasteiger charge is 2.14. The topological polar surface area (TPSA) is 47.1 Å². The molecule has 0 bridgehead atoms. The number of hydrogen-bond donors (Lipinski definition) is 1. The smallest absolute Gasteiger partial charge is 0.159 e. The first-order chi connectivity index (χ1) is 7.17. The predicted molar refractivity (Wildman–Crippen MR) is 61.6 cm³/mol. The molecule has 0 atom stereocenters. The molecule has 2 aromatic rings. The molecule has 1 heterocycles. The van der Waals surface area contributed by atoms with Crippen LogP contribution in [0.4, 0.5) is 0 Å². The molecule has 0 amide bonds. The largest absolute Gasteiger partial charge is 0.494 e. The zero-order valence-corrected chi connectivity index (χ0v) is 10.3. The Morgan fingerprint density at radius 3 is 2.67 bits per heavy atom. The summed E-state index contributed by atoms with van der Waals surface area (Å²) in [6.45, 7) is 1.90. The molecular weight excluding hydrogens is 260 g/mol. The molecule has 0 saturated carbocycles. The minimum Gasteiger partial charge on any atom is -0.494 e. The van der Waals surface area contributed by atoms with Gasteiger partial charge in [0.2, 0.25) is 0 Å². The normalized spacial score (nSPS) is 10.7. The van der Waals surface area contributed by atoms with Gasteiger partial charge in [-0.1, -0.05) is 0 Å². The molecule has 1 N–H and O–H groups in total.